The van der Waals surface area contributed by atoms with Crippen molar-refractivity contribution in [2.45, 2.75) is 53.3 Å². The van der Waals surface area contributed by atoms with Crippen LogP contribution in [0.1, 0.15) is 37.8 Å². The van der Waals surface area contributed by atoms with Crippen LogP contribution in [0.25, 0.3) is 22.6 Å². The molecule has 304 valence electrons. The van der Waals surface area contributed by atoms with Crippen LogP contribution in [0, 0.1) is 25.7 Å². The first kappa shape index (κ1) is 42.2. The van der Waals surface area contributed by atoms with Gasteiger partial charge in [-0.3, -0.25) is 28.7 Å². The smallest absolute Gasteiger partial charge is 0.323 e. The second-order valence-corrected chi connectivity index (χ2v) is 16.1. The van der Waals surface area contributed by atoms with Gasteiger partial charge in [0.1, 0.15) is 35.8 Å². The molecule has 20 heteroatoms. The number of aromatic amines is 1. The van der Waals surface area contributed by atoms with Crippen molar-refractivity contribution in [3.05, 3.63) is 76.7 Å². The minimum Gasteiger partial charge on any atom is -0.462 e. The van der Waals surface area contributed by atoms with E-state index < -0.39 is 33.3 Å². The molecule has 1 saturated heterocycles. The van der Waals surface area contributed by atoms with Crippen molar-refractivity contribution < 1.29 is 36.8 Å². The molecule has 1 aliphatic heterocycles. The molecule has 6 rings (SSSR count). The highest BCUT2D eigenvalue weighted by molar-refractivity contribution is 7.91. The fraction of sp³-hybridized carbons (Fsp3) is 0.405. The van der Waals surface area contributed by atoms with Crippen LogP contribution in [0.3, 0.4) is 0 Å². The van der Waals surface area contributed by atoms with Gasteiger partial charge in [0, 0.05) is 17.2 Å². The number of aromatic nitrogens is 6. The van der Waals surface area contributed by atoms with E-state index in [2.05, 4.69) is 30.4 Å². The highest BCUT2D eigenvalue weighted by Gasteiger charge is 2.33. The number of fused-ring (bicyclic) bond motifs is 1. The number of carbonyl (C=O) groups excluding carboxylic acids is 3. The average Bonchev–Trinajstić information content (AvgIpc) is 3.85. The summed E-state index contributed by atoms with van der Waals surface area (Å²) in [6, 6.07) is 12.0. The Morgan fingerprint density at radius 1 is 1.05 bits per heavy atom. The van der Waals surface area contributed by atoms with Crippen molar-refractivity contribution in [3.8, 4) is 11.4 Å². The summed E-state index contributed by atoms with van der Waals surface area (Å²) in [6.07, 6.45) is 3.20. The molecule has 0 aliphatic carbocycles. The maximum absolute atomic E-state index is 13.5. The molecule has 0 spiro atoms. The number of para-hydroxylation sites is 1. The molecule has 5 aromatic rings. The summed E-state index contributed by atoms with van der Waals surface area (Å²) in [5, 5.41) is 6.62. The van der Waals surface area contributed by atoms with Crippen LogP contribution < -0.4 is 27.2 Å². The number of aryl methyl sites for hydroxylation is 2. The maximum Gasteiger partial charge on any atom is 0.323 e. The molecule has 1 fully saturated rings. The highest BCUT2D eigenvalue weighted by atomic mass is 32.2. The van der Waals surface area contributed by atoms with Crippen molar-refractivity contribution in [2.24, 2.45) is 17.6 Å². The number of sulfone groups is 1. The van der Waals surface area contributed by atoms with E-state index >= 15 is 0 Å². The molecule has 1 aliphatic rings. The van der Waals surface area contributed by atoms with Crippen molar-refractivity contribution in [2.75, 3.05) is 47.2 Å². The summed E-state index contributed by atoms with van der Waals surface area (Å²) >= 11 is 0. The van der Waals surface area contributed by atoms with Crippen LogP contribution >= 0.6 is 0 Å². The van der Waals surface area contributed by atoms with Gasteiger partial charge >= 0.3 is 5.97 Å². The number of esters is 1. The molecule has 0 unspecified atom stereocenters. The van der Waals surface area contributed by atoms with Gasteiger partial charge in [0.25, 0.3) is 5.56 Å². The average molecular weight is 807 g/mol. The summed E-state index contributed by atoms with van der Waals surface area (Å²) in [5.74, 6) is -1.05. The number of nitrogens with two attached hydrogens (primary N) is 2. The van der Waals surface area contributed by atoms with Gasteiger partial charge < -0.3 is 35.7 Å². The molecule has 19 nitrogen and oxygen atoms in total. The Morgan fingerprint density at radius 2 is 1.74 bits per heavy atom. The number of anilines is 3. The molecule has 1 atom stereocenters. The minimum atomic E-state index is -3.10. The Labute approximate surface area is 328 Å². The number of hydrogen-bond acceptors (Lipinski definition) is 15. The molecule has 0 bridgehead atoms. The van der Waals surface area contributed by atoms with Gasteiger partial charge in [0.2, 0.25) is 30.0 Å². The number of nitrogens with zero attached hydrogens (tertiary/aromatic N) is 6. The van der Waals surface area contributed by atoms with Crippen molar-refractivity contribution in [1.82, 2.24) is 29.7 Å². The van der Waals surface area contributed by atoms with Gasteiger partial charge in [0.05, 0.1) is 30.1 Å². The molecule has 2 amide bonds. The lowest BCUT2D eigenvalue weighted by atomic mass is 9.99. The Balaban J connectivity index is 0.000000235. The first-order valence-electron chi connectivity index (χ1n) is 18.1. The van der Waals surface area contributed by atoms with Gasteiger partial charge in [-0.2, -0.15) is 9.97 Å². The lowest BCUT2D eigenvalue weighted by molar-refractivity contribution is -0.148. The van der Waals surface area contributed by atoms with E-state index in [0.717, 1.165) is 16.7 Å². The molecule has 0 radical (unpaired) electrons. The van der Waals surface area contributed by atoms with E-state index in [4.69, 9.17) is 25.5 Å². The van der Waals surface area contributed by atoms with Gasteiger partial charge in [0.15, 0.2) is 11.2 Å². The van der Waals surface area contributed by atoms with Gasteiger partial charge in [-0.1, -0.05) is 37.2 Å². The lowest BCUT2D eigenvalue weighted by Crippen LogP contribution is -2.44. The van der Waals surface area contributed by atoms with E-state index in [1.807, 2.05) is 45.9 Å². The van der Waals surface area contributed by atoms with Crippen LogP contribution in [0.15, 0.2) is 64.5 Å². The zero-order chi connectivity index (χ0) is 41.3. The molecular weight excluding hydrogens is 761 g/mol. The number of carbonyl (C=O) groups is 3. The molecule has 6 N–H and O–H groups in total. The second kappa shape index (κ2) is 18.8. The fourth-order valence-electron chi connectivity index (χ4n) is 6.00. The Hall–Kier alpha value is -5.99. The van der Waals surface area contributed by atoms with E-state index in [9.17, 15) is 27.6 Å². The van der Waals surface area contributed by atoms with Crippen LogP contribution in [0.5, 0.6) is 0 Å². The van der Waals surface area contributed by atoms with Crippen molar-refractivity contribution >= 4 is 56.1 Å². The summed E-state index contributed by atoms with van der Waals surface area (Å²) in [4.78, 5) is 65.5. The van der Waals surface area contributed by atoms with Crippen LogP contribution in [-0.2, 0) is 40.4 Å². The summed E-state index contributed by atoms with van der Waals surface area (Å²) in [6.45, 7) is 7.64. The first-order chi connectivity index (χ1) is 27.1. The quantitative estimate of drug-likeness (QED) is 0.0982. The Bertz CT molecular complexity index is 2310. The molecule has 0 saturated carbocycles. The standard InChI is InChI=1S/C24H26N4O5S.C13H20N6O4/c1-16-4-3-5-17(2)22(16)28(24(30)19-10-12-34(31,32)13-11-19)14-21(29)26-20-8-6-18(7-9-20)23-25-15-33-27-23;1-7(2)8(14)12(21)23-4-3-22-6-19-5-16-9-10(19)17-13(15)18-11(9)20/h3-9,15,19H,10-14H2,1-2H3,(H,26,29);5,7-8H,3-4,6,14H2,1-2H3,(H3,15,17,18,20)/t;8-/m.0/s1. The number of nitrogen functional groups attached to an aromatic ring is 1. The zero-order valence-electron chi connectivity index (χ0n) is 32.0. The lowest BCUT2D eigenvalue weighted by Gasteiger charge is -2.31. The van der Waals surface area contributed by atoms with Gasteiger partial charge in [-0.25, -0.2) is 13.4 Å². The zero-order valence-corrected chi connectivity index (χ0v) is 32.8. The number of nitrogens with one attached hydrogen (secondary N) is 2. The Kier molecular flexibility index (Phi) is 13.9. The number of rotatable bonds is 13. The largest absolute Gasteiger partial charge is 0.462 e. The number of hydrogen-bond donors (Lipinski definition) is 4. The van der Waals surface area contributed by atoms with Crippen LogP contribution in [0.2, 0.25) is 0 Å². The van der Waals surface area contributed by atoms with E-state index in [-0.39, 0.29) is 80.0 Å². The number of amides is 2. The fourth-order valence-corrected chi connectivity index (χ4v) is 7.49. The van der Waals surface area contributed by atoms with E-state index in [1.54, 1.807) is 24.3 Å². The van der Waals surface area contributed by atoms with Gasteiger partial charge in [-0.15, -0.1) is 0 Å². The predicted molar refractivity (Wildman–Crippen MR) is 210 cm³/mol. The van der Waals surface area contributed by atoms with Gasteiger partial charge in [-0.05, 0) is 68.0 Å². The third-order valence-electron chi connectivity index (χ3n) is 9.16. The summed E-state index contributed by atoms with van der Waals surface area (Å²) in [5.41, 5.74) is 15.0. The van der Waals surface area contributed by atoms with Crippen LogP contribution in [0.4, 0.5) is 17.3 Å². The van der Waals surface area contributed by atoms with Crippen LogP contribution in [-0.4, -0.2) is 93.2 Å². The number of H-pyrrole nitrogens is 1. The molecule has 4 heterocycles. The monoisotopic (exact) mass is 806 g/mol. The number of benzene rings is 2. The maximum atomic E-state index is 13.5. The molecule has 3 aromatic heterocycles. The Morgan fingerprint density at radius 3 is 2.37 bits per heavy atom. The topological polar surface area (TPSA) is 274 Å². The normalized spacial score (nSPS) is 14.4. The summed E-state index contributed by atoms with van der Waals surface area (Å²) in [7, 11) is -3.10. The third kappa shape index (κ3) is 11.1. The second-order valence-electron chi connectivity index (χ2n) is 13.8. The predicted octanol–water partition coefficient (Wildman–Crippen LogP) is 2.35. The third-order valence-corrected chi connectivity index (χ3v) is 10.9. The molecular formula is C37H46N10O9S. The molecule has 2 aromatic carbocycles. The minimum absolute atomic E-state index is 0.000790. The number of ether oxygens (including phenoxy) is 2. The van der Waals surface area contributed by atoms with Crippen molar-refractivity contribution in [3.63, 3.8) is 0 Å². The first-order valence-corrected chi connectivity index (χ1v) is 19.9. The highest BCUT2D eigenvalue weighted by Crippen LogP contribution is 2.29. The number of imidazole rings is 1. The van der Waals surface area contributed by atoms with E-state index in [0.29, 0.717) is 22.8 Å². The summed E-state index contributed by atoms with van der Waals surface area (Å²) < 4.78 is 40.3. The molecule has 57 heavy (non-hydrogen) atoms. The SMILES string of the molecule is CC(C)[C@H](N)C(=O)OCCOCn1cnc2c(=O)[nH]c(N)nc21.Cc1cccc(C)c1N(CC(=O)Nc1ccc(-c2ncon2)cc1)C(=O)C1CCS(=O)(=O)CC1. The van der Waals surface area contributed by atoms with E-state index in [1.165, 1.54) is 22.2 Å². The van der Waals surface area contributed by atoms with Crippen molar-refractivity contribution in [1.29, 1.82) is 0 Å².